The molecule has 0 aliphatic carbocycles. The van der Waals surface area contributed by atoms with Crippen molar-refractivity contribution in [1.82, 2.24) is 0 Å². The Labute approximate surface area is 187 Å². The van der Waals surface area contributed by atoms with Crippen molar-refractivity contribution in [2.24, 2.45) is 0 Å². The van der Waals surface area contributed by atoms with Gasteiger partial charge in [-0.05, 0) is 55.8 Å². The number of sulfonamides is 1. The fraction of sp³-hybridized carbons (Fsp3) is 0.333. The number of nitrogens with zero attached hydrogens (tertiary/aromatic N) is 1. The van der Waals surface area contributed by atoms with Crippen LogP contribution in [-0.2, 0) is 19.6 Å². The lowest BCUT2D eigenvalue weighted by molar-refractivity contribution is -0.114. The fourth-order valence-corrected chi connectivity index (χ4v) is 3.74. The Kier molecular flexibility index (Phi) is 8.70. The molecular weight excluding hydrogens is 444 g/mol. The van der Waals surface area contributed by atoms with Crippen molar-refractivity contribution >= 4 is 44.9 Å². The van der Waals surface area contributed by atoms with E-state index >= 15 is 0 Å². The summed E-state index contributed by atoms with van der Waals surface area (Å²) in [5.41, 5.74) is 0.821. The van der Waals surface area contributed by atoms with Crippen molar-refractivity contribution in [3.63, 3.8) is 0 Å². The Morgan fingerprint density at radius 1 is 1.10 bits per heavy atom. The highest BCUT2D eigenvalue weighted by molar-refractivity contribution is 7.92. The number of halogens is 1. The maximum absolute atomic E-state index is 12.5. The van der Waals surface area contributed by atoms with Crippen molar-refractivity contribution in [3.8, 4) is 5.75 Å². The third-order valence-electron chi connectivity index (χ3n) is 4.03. The predicted molar refractivity (Wildman–Crippen MR) is 120 cm³/mol. The number of nitrogens with one attached hydrogen (secondary N) is 1. The molecule has 0 saturated carbocycles. The van der Waals surface area contributed by atoms with Gasteiger partial charge in [-0.2, -0.15) is 0 Å². The molecule has 0 aliphatic rings. The monoisotopic (exact) mass is 468 g/mol. The number of amides is 1. The van der Waals surface area contributed by atoms with E-state index < -0.39 is 28.4 Å². The second kappa shape index (κ2) is 11.0. The van der Waals surface area contributed by atoms with Gasteiger partial charge in [-0.25, -0.2) is 13.2 Å². The van der Waals surface area contributed by atoms with Gasteiger partial charge in [0, 0.05) is 5.69 Å². The van der Waals surface area contributed by atoms with Crippen molar-refractivity contribution in [2.75, 3.05) is 35.6 Å². The van der Waals surface area contributed by atoms with Gasteiger partial charge in [0.25, 0.3) is 0 Å². The summed E-state index contributed by atoms with van der Waals surface area (Å²) in [5.74, 6) is -0.531. The molecule has 0 bridgehead atoms. The Balaban J connectivity index is 2.13. The molecule has 0 radical (unpaired) electrons. The highest BCUT2D eigenvalue weighted by atomic mass is 35.5. The average Bonchev–Trinajstić information content (AvgIpc) is 2.70. The summed E-state index contributed by atoms with van der Waals surface area (Å²) < 4.78 is 35.9. The number of hydrogen-bond acceptors (Lipinski definition) is 6. The predicted octanol–water partition coefficient (Wildman–Crippen LogP) is 3.71. The van der Waals surface area contributed by atoms with Crippen LogP contribution in [0.15, 0.2) is 42.5 Å². The third kappa shape index (κ3) is 7.15. The van der Waals surface area contributed by atoms with E-state index in [-0.39, 0.29) is 17.2 Å². The molecule has 0 aromatic heterocycles. The number of anilines is 2. The minimum absolute atomic E-state index is 0.110. The number of hydrogen-bond donors (Lipinski definition) is 1. The summed E-state index contributed by atoms with van der Waals surface area (Å²) in [4.78, 5) is 24.3. The standard InChI is InChI=1S/C21H25ClN2O6S/c1-4-12-30-17-9-7-16(8-10-17)24(31(3,27)28)14-20(25)23-15-6-11-18(19(22)13-15)21(26)29-5-2/h6-11,13H,4-5,12,14H2,1-3H3,(H,23,25). The molecule has 0 atom stereocenters. The van der Waals surface area contributed by atoms with Gasteiger partial charge in [-0.3, -0.25) is 9.10 Å². The largest absolute Gasteiger partial charge is 0.494 e. The van der Waals surface area contributed by atoms with Gasteiger partial charge < -0.3 is 14.8 Å². The number of benzene rings is 2. The molecular formula is C21H25ClN2O6S. The Bertz CT molecular complexity index is 1020. The summed E-state index contributed by atoms with van der Waals surface area (Å²) in [5, 5.41) is 2.70. The minimum Gasteiger partial charge on any atom is -0.494 e. The van der Waals surface area contributed by atoms with Gasteiger partial charge >= 0.3 is 5.97 Å². The molecule has 0 fully saturated rings. The van der Waals surface area contributed by atoms with Gasteiger partial charge in [0.05, 0.1) is 35.7 Å². The van der Waals surface area contributed by atoms with E-state index in [0.717, 1.165) is 17.0 Å². The Morgan fingerprint density at radius 3 is 2.32 bits per heavy atom. The Morgan fingerprint density at radius 2 is 1.77 bits per heavy atom. The second-order valence-electron chi connectivity index (χ2n) is 6.58. The SMILES string of the molecule is CCCOc1ccc(N(CC(=O)Nc2ccc(C(=O)OCC)c(Cl)c2)S(C)(=O)=O)cc1. The molecule has 2 rings (SSSR count). The van der Waals surface area contributed by atoms with Crippen LogP contribution in [0.5, 0.6) is 5.75 Å². The van der Waals surface area contributed by atoms with E-state index in [0.29, 0.717) is 23.7 Å². The number of carbonyl (C=O) groups is 2. The van der Waals surface area contributed by atoms with Crippen molar-refractivity contribution in [2.45, 2.75) is 20.3 Å². The maximum atomic E-state index is 12.5. The summed E-state index contributed by atoms with van der Waals surface area (Å²) in [6, 6.07) is 10.8. The maximum Gasteiger partial charge on any atom is 0.339 e. The average molecular weight is 469 g/mol. The molecule has 0 saturated heterocycles. The molecule has 168 valence electrons. The smallest absolute Gasteiger partial charge is 0.339 e. The zero-order chi connectivity index (χ0) is 23.0. The topological polar surface area (TPSA) is 102 Å². The third-order valence-corrected chi connectivity index (χ3v) is 5.49. The van der Waals surface area contributed by atoms with Crippen LogP contribution in [0.25, 0.3) is 0 Å². The molecule has 10 heteroatoms. The normalized spacial score (nSPS) is 11.0. The van der Waals surface area contributed by atoms with Gasteiger partial charge in [0.15, 0.2) is 0 Å². The number of carbonyl (C=O) groups excluding carboxylic acids is 2. The molecule has 1 amide bonds. The second-order valence-corrected chi connectivity index (χ2v) is 8.89. The summed E-state index contributed by atoms with van der Waals surface area (Å²) in [7, 11) is -3.72. The molecule has 0 heterocycles. The number of rotatable bonds is 10. The van der Waals surface area contributed by atoms with Gasteiger partial charge in [-0.15, -0.1) is 0 Å². The molecule has 31 heavy (non-hydrogen) atoms. The molecule has 2 aromatic rings. The van der Waals surface area contributed by atoms with Gasteiger partial charge in [0.1, 0.15) is 12.3 Å². The van der Waals surface area contributed by atoms with E-state index in [1.54, 1.807) is 31.2 Å². The molecule has 1 N–H and O–H groups in total. The summed E-state index contributed by atoms with van der Waals surface area (Å²) in [6.07, 6.45) is 1.87. The van der Waals surface area contributed by atoms with E-state index in [4.69, 9.17) is 21.1 Å². The quantitative estimate of drug-likeness (QED) is 0.533. The first-order valence-electron chi connectivity index (χ1n) is 9.62. The molecule has 2 aromatic carbocycles. The zero-order valence-corrected chi connectivity index (χ0v) is 19.1. The highest BCUT2D eigenvalue weighted by Gasteiger charge is 2.21. The van der Waals surface area contributed by atoms with E-state index in [1.165, 1.54) is 18.2 Å². The van der Waals surface area contributed by atoms with Crippen molar-refractivity contribution < 1.29 is 27.5 Å². The lowest BCUT2D eigenvalue weighted by Crippen LogP contribution is -2.37. The van der Waals surface area contributed by atoms with Crippen LogP contribution in [-0.4, -0.2) is 46.3 Å². The van der Waals surface area contributed by atoms with Crippen LogP contribution in [0.1, 0.15) is 30.6 Å². The van der Waals surface area contributed by atoms with Crippen LogP contribution < -0.4 is 14.4 Å². The van der Waals surface area contributed by atoms with Crippen LogP contribution >= 0.6 is 11.6 Å². The number of ether oxygens (including phenoxy) is 2. The van der Waals surface area contributed by atoms with Gasteiger partial charge in [0.2, 0.25) is 15.9 Å². The van der Waals surface area contributed by atoms with Crippen LogP contribution in [0.3, 0.4) is 0 Å². The summed E-state index contributed by atoms with van der Waals surface area (Å²) >= 11 is 6.10. The molecule has 8 nitrogen and oxygen atoms in total. The number of esters is 1. The van der Waals surface area contributed by atoms with E-state index in [2.05, 4.69) is 5.32 Å². The van der Waals surface area contributed by atoms with Crippen LogP contribution in [0, 0.1) is 0 Å². The first-order chi connectivity index (χ1) is 14.7. The summed E-state index contributed by atoms with van der Waals surface area (Å²) in [6.45, 7) is 3.98. The zero-order valence-electron chi connectivity index (χ0n) is 17.6. The minimum atomic E-state index is -3.72. The lowest BCUT2D eigenvalue weighted by atomic mass is 10.2. The van der Waals surface area contributed by atoms with Gasteiger partial charge in [-0.1, -0.05) is 18.5 Å². The first-order valence-corrected chi connectivity index (χ1v) is 11.9. The molecule has 0 spiro atoms. The first kappa shape index (κ1) is 24.5. The van der Waals surface area contributed by atoms with Crippen LogP contribution in [0.4, 0.5) is 11.4 Å². The van der Waals surface area contributed by atoms with Crippen molar-refractivity contribution in [3.05, 3.63) is 53.1 Å². The lowest BCUT2D eigenvalue weighted by Gasteiger charge is -2.22. The van der Waals surface area contributed by atoms with E-state index in [9.17, 15) is 18.0 Å². The fourth-order valence-electron chi connectivity index (χ4n) is 2.63. The van der Waals surface area contributed by atoms with E-state index in [1.807, 2.05) is 6.92 Å². The van der Waals surface area contributed by atoms with Crippen molar-refractivity contribution in [1.29, 1.82) is 0 Å². The van der Waals surface area contributed by atoms with Crippen LogP contribution in [0.2, 0.25) is 5.02 Å². The molecule has 0 aliphatic heterocycles. The Hall–Kier alpha value is -2.78. The molecule has 0 unspecified atom stereocenters. The highest BCUT2D eigenvalue weighted by Crippen LogP contribution is 2.24.